The summed E-state index contributed by atoms with van der Waals surface area (Å²) in [6, 6.07) is 6.86. The van der Waals surface area contributed by atoms with Crippen LogP contribution < -0.4 is 5.32 Å². The second kappa shape index (κ2) is 5.22. The lowest BCUT2D eigenvalue weighted by Crippen LogP contribution is -2.14. The van der Waals surface area contributed by atoms with Gasteiger partial charge in [-0.25, -0.2) is 9.97 Å². The number of rotatable bonds is 2. The summed E-state index contributed by atoms with van der Waals surface area (Å²) >= 11 is 0. The molecule has 1 aliphatic heterocycles. The first-order chi connectivity index (χ1) is 12.2. The van der Waals surface area contributed by atoms with E-state index in [1.807, 2.05) is 12.3 Å². The highest BCUT2D eigenvalue weighted by Crippen LogP contribution is 2.38. The van der Waals surface area contributed by atoms with Crippen LogP contribution in [-0.4, -0.2) is 42.8 Å². The maximum absolute atomic E-state index is 10.4. The number of nitrogens with one attached hydrogen (secondary N) is 2. The van der Waals surface area contributed by atoms with Crippen molar-refractivity contribution < 1.29 is 10.2 Å². The van der Waals surface area contributed by atoms with Gasteiger partial charge in [-0.3, -0.25) is 0 Å². The van der Waals surface area contributed by atoms with Crippen LogP contribution in [0.5, 0.6) is 11.5 Å². The average molecular weight is 335 g/mol. The Morgan fingerprint density at radius 2 is 2.12 bits per heavy atom. The molecular formula is C18H17N5O2. The normalized spacial score (nSPS) is 17.7. The Labute approximate surface area is 143 Å². The Balaban J connectivity index is 1.87. The van der Waals surface area contributed by atoms with Gasteiger partial charge in [-0.2, -0.15) is 0 Å². The number of hydrogen-bond donors (Lipinski definition) is 4. The fourth-order valence-electron chi connectivity index (χ4n) is 3.71. The lowest BCUT2D eigenvalue weighted by molar-refractivity contribution is 0.451. The molecule has 5 rings (SSSR count). The van der Waals surface area contributed by atoms with E-state index in [0.717, 1.165) is 41.6 Å². The van der Waals surface area contributed by atoms with Crippen molar-refractivity contribution in [1.82, 2.24) is 24.8 Å². The Kier molecular flexibility index (Phi) is 2.98. The van der Waals surface area contributed by atoms with Gasteiger partial charge in [0.05, 0.1) is 17.3 Å². The number of hydrogen-bond acceptors (Lipinski definition) is 5. The van der Waals surface area contributed by atoms with Gasteiger partial charge >= 0.3 is 0 Å². The maximum Gasteiger partial charge on any atom is 0.145 e. The molecule has 1 aromatic carbocycles. The molecule has 3 aromatic heterocycles. The van der Waals surface area contributed by atoms with Crippen molar-refractivity contribution in [3.63, 3.8) is 0 Å². The van der Waals surface area contributed by atoms with Gasteiger partial charge in [-0.1, -0.05) is 0 Å². The van der Waals surface area contributed by atoms with Crippen LogP contribution in [0.4, 0.5) is 0 Å². The van der Waals surface area contributed by atoms with Crippen molar-refractivity contribution in [1.29, 1.82) is 0 Å². The largest absolute Gasteiger partial charge is 0.508 e. The van der Waals surface area contributed by atoms with E-state index in [2.05, 4.69) is 19.9 Å². The van der Waals surface area contributed by atoms with Crippen LogP contribution in [0.15, 0.2) is 36.7 Å². The number of fused-ring (bicyclic) bond motifs is 3. The van der Waals surface area contributed by atoms with Crippen LogP contribution in [0.1, 0.15) is 12.5 Å². The highest BCUT2D eigenvalue weighted by atomic mass is 16.3. The first-order valence-electron chi connectivity index (χ1n) is 8.29. The summed E-state index contributed by atoms with van der Waals surface area (Å²) in [5, 5.41) is 24.4. The second-order valence-corrected chi connectivity index (χ2v) is 6.39. The molecule has 1 aliphatic rings. The van der Waals surface area contributed by atoms with Crippen LogP contribution in [0.2, 0.25) is 0 Å². The smallest absolute Gasteiger partial charge is 0.145 e. The average Bonchev–Trinajstić information content (AvgIpc) is 3.32. The highest BCUT2D eigenvalue weighted by molar-refractivity contribution is 6.02. The van der Waals surface area contributed by atoms with Crippen molar-refractivity contribution in [2.75, 3.05) is 13.1 Å². The minimum absolute atomic E-state index is 0.0146. The number of pyridine rings is 1. The quantitative estimate of drug-likeness (QED) is 0.451. The number of phenolic OH excluding ortho intramolecular Hbond substituents is 2. The standard InChI is InChI=1S/C18H17N5O2/c24-11-1-2-12(15(25)7-11)18-22-14-9-21-17-13(4-6-20-17)16(14)23(18)10-3-5-19-8-10/h1-2,4,6-7,9-10,19,24-25H,3,5,8H2,(H,20,21). The van der Waals surface area contributed by atoms with Crippen molar-refractivity contribution >= 4 is 22.1 Å². The molecule has 4 N–H and O–H groups in total. The minimum Gasteiger partial charge on any atom is -0.508 e. The summed E-state index contributed by atoms with van der Waals surface area (Å²) in [7, 11) is 0. The summed E-state index contributed by atoms with van der Waals surface area (Å²) in [4.78, 5) is 12.3. The Bertz CT molecular complexity index is 1090. The SMILES string of the molecule is Oc1ccc(-c2nc3cnc4[nH]ccc4c3n2C2CCNC2)c(O)c1. The van der Waals surface area contributed by atoms with Gasteiger partial charge in [0, 0.05) is 30.2 Å². The van der Waals surface area contributed by atoms with E-state index in [9.17, 15) is 10.2 Å². The third kappa shape index (κ3) is 2.09. The van der Waals surface area contributed by atoms with E-state index in [4.69, 9.17) is 4.98 Å². The molecule has 0 spiro atoms. The number of H-pyrrole nitrogens is 1. The monoisotopic (exact) mass is 335 g/mol. The molecular weight excluding hydrogens is 318 g/mol. The van der Waals surface area contributed by atoms with Crippen molar-refractivity contribution in [2.45, 2.75) is 12.5 Å². The number of aromatic amines is 1. The van der Waals surface area contributed by atoms with Gasteiger partial charge in [-0.15, -0.1) is 0 Å². The number of phenols is 2. The molecule has 1 unspecified atom stereocenters. The number of nitrogens with zero attached hydrogens (tertiary/aromatic N) is 3. The molecule has 126 valence electrons. The molecule has 7 heteroatoms. The van der Waals surface area contributed by atoms with E-state index in [1.165, 1.54) is 6.07 Å². The molecule has 25 heavy (non-hydrogen) atoms. The van der Waals surface area contributed by atoms with E-state index < -0.39 is 0 Å². The van der Waals surface area contributed by atoms with E-state index in [1.54, 1.807) is 18.3 Å². The van der Waals surface area contributed by atoms with Gasteiger partial charge in [0.2, 0.25) is 0 Å². The number of aromatic hydroxyl groups is 2. The zero-order valence-electron chi connectivity index (χ0n) is 13.4. The Morgan fingerprint density at radius 1 is 1.20 bits per heavy atom. The molecule has 4 aromatic rings. The third-order valence-corrected chi connectivity index (χ3v) is 4.86. The summed E-state index contributed by atoms with van der Waals surface area (Å²) in [6.45, 7) is 1.80. The summed E-state index contributed by atoms with van der Waals surface area (Å²) in [6.07, 6.45) is 4.62. The molecule has 0 radical (unpaired) electrons. The van der Waals surface area contributed by atoms with E-state index in [0.29, 0.717) is 11.4 Å². The zero-order chi connectivity index (χ0) is 17.0. The molecule has 4 heterocycles. The van der Waals surface area contributed by atoms with Crippen molar-refractivity contribution in [3.05, 3.63) is 36.7 Å². The third-order valence-electron chi connectivity index (χ3n) is 4.86. The van der Waals surface area contributed by atoms with Crippen molar-refractivity contribution in [2.24, 2.45) is 0 Å². The maximum atomic E-state index is 10.4. The van der Waals surface area contributed by atoms with Gasteiger partial charge in [0.25, 0.3) is 0 Å². The van der Waals surface area contributed by atoms with Crippen LogP contribution in [0.3, 0.4) is 0 Å². The van der Waals surface area contributed by atoms with Crippen molar-refractivity contribution in [3.8, 4) is 22.9 Å². The number of imidazole rings is 1. The van der Waals surface area contributed by atoms with Gasteiger partial charge < -0.3 is 25.1 Å². The predicted molar refractivity (Wildman–Crippen MR) is 94.7 cm³/mol. The van der Waals surface area contributed by atoms with Crippen LogP contribution in [0.25, 0.3) is 33.5 Å². The first-order valence-corrected chi connectivity index (χ1v) is 8.29. The Hall–Kier alpha value is -3.06. The number of benzene rings is 1. The summed E-state index contributed by atoms with van der Waals surface area (Å²) in [5.74, 6) is 0.735. The minimum atomic E-state index is 0.0146. The van der Waals surface area contributed by atoms with E-state index in [-0.39, 0.29) is 17.5 Å². The van der Waals surface area contributed by atoms with Gasteiger partial charge in [-0.05, 0) is 31.2 Å². The van der Waals surface area contributed by atoms with Gasteiger partial charge in [0.15, 0.2) is 0 Å². The molecule has 1 fully saturated rings. The first kappa shape index (κ1) is 14.3. The zero-order valence-corrected chi connectivity index (χ0v) is 13.4. The lowest BCUT2D eigenvalue weighted by atomic mass is 10.1. The lowest BCUT2D eigenvalue weighted by Gasteiger charge is -2.17. The van der Waals surface area contributed by atoms with Crippen LogP contribution in [0, 0.1) is 0 Å². The highest BCUT2D eigenvalue weighted by Gasteiger charge is 2.26. The summed E-state index contributed by atoms with van der Waals surface area (Å²) < 4.78 is 2.19. The molecule has 7 nitrogen and oxygen atoms in total. The fraction of sp³-hybridized carbons (Fsp3) is 0.222. The topological polar surface area (TPSA) is 99.0 Å². The molecule has 0 saturated carbocycles. The molecule has 1 atom stereocenters. The molecule has 0 bridgehead atoms. The molecule has 1 saturated heterocycles. The fourth-order valence-corrected chi connectivity index (χ4v) is 3.71. The van der Waals surface area contributed by atoms with Gasteiger partial charge in [0.1, 0.15) is 28.5 Å². The summed E-state index contributed by atoms with van der Waals surface area (Å²) in [5.41, 5.74) is 3.23. The Morgan fingerprint density at radius 3 is 2.92 bits per heavy atom. The molecule has 0 aliphatic carbocycles. The van der Waals surface area contributed by atoms with Crippen LogP contribution in [-0.2, 0) is 0 Å². The second-order valence-electron chi connectivity index (χ2n) is 6.39. The number of aromatic nitrogens is 4. The van der Waals surface area contributed by atoms with E-state index >= 15 is 0 Å². The van der Waals surface area contributed by atoms with Crippen LogP contribution >= 0.6 is 0 Å². The molecule has 0 amide bonds. The predicted octanol–water partition coefficient (Wildman–Crippen LogP) is 2.53.